The van der Waals surface area contributed by atoms with Gasteiger partial charge in [-0.1, -0.05) is 30.3 Å². The van der Waals surface area contributed by atoms with Crippen LogP contribution in [0.15, 0.2) is 40.2 Å². The molecule has 2 rings (SSSR count). The van der Waals surface area contributed by atoms with Gasteiger partial charge in [0.1, 0.15) is 5.76 Å². The lowest BCUT2D eigenvalue weighted by Gasteiger charge is -2.07. The van der Waals surface area contributed by atoms with Crippen molar-refractivity contribution < 1.29 is 9.53 Å². The maximum Gasteiger partial charge on any atom is 0.311 e. The normalized spacial score (nSPS) is 23.9. The van der Waals surface area contributed by atoms with Crippen LogP contribution in [0.25, 0.3) is 0 Å². The Morgan fingerprint density at radius 1 is 1.36 bits per heavy atom. The molecule has 0 N–H and O–H groups in total. The van der Waals surface area contributed by atoms with Gasteiger partial charge in [0, 0.05) is 4.08 Å². The Bertz CT molecular complexity index is 370. The van der Waals surface area contributed by atoms with Crippen LogP contribution in [-0.4, -0.2) is 5.97 Å². The van der Waals surface area contributed by atoms with E-state index in [0.29, 0.717) is 6.42 Å². The molecule has 1 fully saturated rings. The average molecular weight is 300 g/mol. The quantitative estimate of drug-likeness (QED) is 0.589. The van der Waals surface area contributed by atoms with Gasteiger partial charge in [0.25, 0.3) is 0 Å². The molecule has 1 aromatic rings. The standard InChI is InChI=1S/C11H9IO2/c12-7-10-9(6-11(13)14-10)8-4-2-1-3-5-8/h1-5,7,9H,6H2/b10-7+. The maximum absolute atomic E-state index is 11.1. The van der Waals surface area contributed by atoms with E-state index in [-0.39, 0.29) is 11.9 Å². The maximum atomic E-state index is 11.1. The molecular weight excluding hydrogens is 291 g/mol. The molecule has 1 aliphatic rings. The summed E-state index contributed by atoms with van der Waals surface area (Å²) >= 11 is 2.10. The van der Waals surface area contributed by atoms with E-state index < -0.39 is 0 Å². The highest BCUT2D eigenvalue weighted by molar-refractivity contribution is 14.1. The van der Waals surface area contributed by atoms with Gasteiger partial charge < -0.3 is 4.74 Å². The number of halogens is 1. The van der Waals surface area contributed by atoms with Crippen LogP contribution in [0.5, 0.6) is 0 Å². The summed E-state index contributed by atoms with van der Waals surface area (Å²) in [5.41, 5.74) is 1.14. The SMILES string of the molecule is O=C1CC(c2ccccc2)/C(=C\I)O1. The summed E-state index contributed by atoms with van der Waals surface area (Å²) in [7, 11) is 0. The summed E-state index contributed by atoms with van der Waals surface area (Å²) < 4.78 is 6.93. The minimum atomic E-state index is -0.137. The van der Waals surface area contributed by atoms with Crippen molar-refractivity contribution >= 4 is 28.6 Å². The Balaban J connectivity index is 2.31. The summed E-state index contributed by atoms with van der Waals surface area (Å²) in [5.74, 6) is 0.740. The highest BCUT2D eigenvalue weighted by Crippen LogP contribution is 2.35. The summed E-state index contributed by atoms with van der Waals surface area (Å²) in [6.45, 7) is 0. The van der Waals surface area contributed by atoms with Crippen LogP contribution >= 0.6 is 22.6 Å². The van der Waals surface area contributed by atoms with Crippen molar-refractivity contribution in [2.24, 2.45) is 0 Å². The molecule has 0 spiro atoms. The Labute approximate surface area is 96.1 Å². The molecule has 1 aliphatic heterocycles. The molecule has 0 amide bonds. The smallest absolute Gasteiger partial charge is 0.311 e. The largest absolute Gasteiger partial charge is 0.430 e. The Kier molecular flexibility index (Phi) is 2.86. The molecular formula is C11H9IO2. The predicted molar refractivity (Wildman–Crippen MR) is 62.0 cm³/mol. The second-order valence-electron chi connectivity index (χ2n) is 3.15. The first-order chi connectivity index (χ1) is 6.81. The van der Waals surface area contributed by atoms with Crippen LogP contribution in [-0.2, 0) is 9.53 Å². The Hall–Kier alpha value is -0.840. The van der Waals surface area contributed by atoms with E-state index in [2.05, 4.69) is 22.6 Å². The van der Waals surface area contributed by atoms with E-state index in [1.165, 1.54) is 0 Å². The van der Waals surface area contributed by atoms with Crippen molar-refractivity contribution in [3.63, 3.8) is 0 Å². The van der Waals surface area contributed by atoms with Gasteiger partial charge in [-0.05, 0) is 28.2 Å². The molecule has 1 unspecified atom stereocenters. The van der Waals surface area contributed by atoms with Crippen molar-refractivity contribution in [3.05, 3.63) is 45.7 Å². The van der Waals surface area contributed by atoms with E-state index in [0.717, 1.165) is 11.3 Å². The number of benzene rings is 1. The van der Waals surface area contributed by atoms with Crippen LogP contribution < -0.4 is 0 Å². The molecule has 0 radical (unpaired) electrons. The lowest BCUT2D eigenvalue weighted by molar-refractivity contribution is -0.135. The highest BCUT2D eigenvalue weighted by Gasteiger charge is 2.30. The molecule has 2 nitrogen and oxygen atoms in total. The topological polar surface area (TPSA) is 26.3 Å². The fourth-order valence-electron chi connectivity index (χ4n) is 1.58. The second kappa shape index (κ2) is 4.13. The van der Waals surface area contributed by atoms with E-state index in [4.69, 9.17) is 4.74 Å². The number of ether oxygens (including phenoxy) is 1. The highest BCUT2D eigenvalue weighted by atomic mass is 127. The zero-order valence-corrected chi connectivity index (χ0v) is 9.60. The average Bonchev–Trinajstić information content (AvgIpc) is 2.61. The molecule has 14 heavy (non-hydrogen) atoms. The summed E-state index contributed by atoms with van der Waals surface area (Å²) in [6.07, 6.45) is 0.457. The first-order valence-electron chi connectivity index (χ1n) is 4.37. The summed E-state index contributed by atoms with van der Waals surface area (Å²) in [6, 6.07) is 9.96. The number of carbonyl (C=O) groups excluding carboxylic acids is 1. The fraction of sp³-hybridized carbons (Fsp3) is 0.182. The Morgan fingerprint density at radius 2 is 2.07 bits per heavy atom. The number of cyclic esters (lactones) is 1. The first kappa shape index (κ1) is 9.71. The number of rotatable bonds is 1. The van der Waals surface area contributed by atoms with Gasteiger partial charge in [-0.25, -0.2) is 0 Å². The van der Waals surface area contributed by atoms with Crippen molar-refractivity contribution in [3.8, 4) is 0 Å². The van der Waals surface area contributed by atoms with E-state index in [9.17, 15) is 4.79 Å². The molecule has 3 heteroatoms. The number of hydrogen-bond acceptors (Lipinski definition) is 2. The second-order valence-corrected chi connectivity index (χ2v) is 3.78. The lowest BCUT2D eigenvalue weighted by atomic mass is 9.96. The molecule has 1 saturated heterocycles. The lowest BCUT2D eigenvalue weighted by Crippen LogP contribution is -1.95. The number of esters is 1. The number of allylic oxidation sites excluding steroid dienone is 1. The third-order valence-electron chi connectivity index (χ3n) is 2.26. The molecule has 0 aromatic heterocycles. The predicted octanol–water partition coefficient (Wildman–Crippen LogP) is 2.99. The molecule has 1 heterocycles. The summed E-state index contributed by atoms with van der Waals surface area (Å²) in [5, 5.41) is 0. The van der Waals surface area contributed by atoms with Gasteiger partial charge in [-0.2, -0.15) is 0 Å². The van der Waals surface area contributed by atoms with Crippen molar-refractivity contribution in [1.82, 2.24) is 0 Å². The number of hydrogen-bond donors (Lipinski definition) is 0. The molecule has 1 aromatic carbocycles. The van der Waals surface area contributed by atoms with Crippen molar-refractivity contribution in [2.75, 3.05) is 0 Å². The fourth-order valence-corrected chi connectivity index (χ4v) is 2.14. The van der Waals surface area contributed by atoms with Gasteiger partial charge in [0.15, 0.2) is 0 Å². The van der Waals surface area contributed by atoms with Crippen LogP contribution in [0.2, 0.25) is 0 Å². The van der Waals surface area contributed by atoms with Gasteiger partial charge in [-0.3, -0.25) is 4.79 Å². The first-order valence-corrected chi connectivity index (χ1v) is 5.61. The molecule has 0 aliphatic carbocycles. The monoisotopic (exact) mass is 300 g/mol. The molecule has 1 atom stereocenters. The van der Waals surface area contributed by atoms with Crippen LogP contribution in [0.1, 0.15) is 17.9 Å². The van der Waals surface area contributed by atoms with Crippen LogP contribution in [0, 0.1) is 0 Å². The van der Waals surface area contributed by atoms with Gasteiger partial charge in [0.05, 0.1) is 12.3 Å². The van der Waals surface area contributed by atoms with Gasteiger partial charge in [0.2, 0.25) is 0 Å². The van der Waals surface area contributed by atoms with E-state index >= 15 is 0 Å². The van der Waals surface area contributed by atoms with Gasteiger partial charge >= 0.3 is 5.97 Å². The summed E-state index contributed by atoms with van der Waals surface area (Å²) in [4.78, 5) is 11.1. The molecule has 72 valence electrons. The Morgan fingerprint density at radius 3 is 2.71 bits per heavy atom. The third-order valence-corrected chi connectivity index (χ3v) is 2.87. The minimum absolute atomic E-state index is 0.112. The minimum Gasteiger partial charge on any atom is -0.430 e. The zero-order chi connectivity index (χ0) is 9.97. The van der Waals surface area contributed by atoms with Crippen molar-refractivity contribution in [2.45, 2.75) is 12.3 Å². The van der Waals surface area contributed by atoms with E-state index in [1.807, 2.05) is 34.4 Å². The third kappa shape index (κ3) is 1.82. The van der Waals surface area contributed by atoms with E-state index in [1.54, 1.807) is 0 Å². The molecule has 0 bridgehead atoms. The van der Waals surface area contributed by atoms with Crippen LogP contribution in [0.4, 0.5) is 0 Å². The van der Waals surface area contributed by atoms with Crippen molar-refractivity contribution in [1.29, 1.82) is 0 Å². The number of carbonyl (C=O) groups is 1. The zero-order valence-electron chi connectivity index (χ0n) is 7.44. The molecule has 0 saturated carbocycles. The van der Waals surface area contributed by atoms with Gasteiger partial charge in [-0.15, -0.1) is 0 Å². The van der Waals surface area contributed by atoms with Crippen LogP contribution in [0.3, 0.4) is 0 Å².